The number of allylic oxidation sites excluding steroid dienone is 4. The predicted molar refractivity (Wildman–Crippen MR) is 105 cm³/mol. The van der Waals surface area contributed by atoms with Gasteiger partial charge in [0.1, 0.15) is 0 Å². The van der Waals surface area contributed by atoms with Gasteiger partial charge in [-0.25, -0.2) is 4.39 Å². The SMILES string of the molecule is C=CCS[C@H]1CC[C@H]2[C@@H]3CCC4=CC(=O)C=C[C@]4(C)[C@@]3(F)[C@@H](O)C[C@]12C. The lowest BCUT2D eigenvalue weighted by molar-refractivity contribution is -0.188. The van der Waals surface area contributed by atoms with E-state index in [1.807, 2.05) is 24.8 Å². The second kappa shape index (κ2) is 6.07. The maximum absolute atomic E-state index is 16.8. The van der Waals surface area contributed by atoms with Crippen LogP contribution in [0.3, 0.4) is 0 Å². The van der Waals surface area contributed by atoms with Gasteiger partial charge < -0.3 is 5.11 Å². The van der Waals surface area contributed by atoms with Gasteiger partial charge in [-0.05, 0) is 62.5 Å². The summed E-state index contributed by atoms with van der Waals surface area (Å²) in [6, 6.07) is 0. The standard InChI is InChI=1S/C22H29FO2S/c1-4-11-26-19-8-7-16-17-6-5-14-12-15(24)9-10-21(14,3)22(17,23)18(25)13-20(16,19)2/h4,9-10,12,16-19,25H,1,5-8,11,13H2,2-3H3/t16-,17-,18-,19-,20-,21-,22-/m0/s1. The molecule has 0 radical (unpaired) electrons. The van der Waals surface area contributed by atoms with E-state index in [-0.39, 0.29) is 17.1 Å². The minimum absolute atomic E-state index is 0.0286. The number of thioether (sulfide) groups is 1. The first kappa shape index (κ1) is 18.5. The lowest BCUT2D eigenvalue weighted by Crippen LogP contribution is -2.66. The molecule has 0 bridgehead atoms. The van der Waals surface area contributed by atoms with Crippen molar-refractivity contribution in [3.05, 3.63) is 36.5 Å². The summed E-state index contributed by atoms with van der Waals surface area (Å²) >= 11 is 1.91. The molecular formula is C22H29FO2S. The zero-order valence-corrected chi connectivity index (χ0v) is 16.5. The van der Waals surface area contributed by atoms with Gasteiger partial charge in [0.2, 0.25) is 0 Å². The molecule has 0 saturated heterocycles. The molecule has 0 heterocycles. The molecule has 4 aliphatic carbocycles. The number of rotatable bonds is 3. The highest BCUT2D eigenvalue weighted by molar-refractivity contribution is 8.00. The first-order valence-electron chi connectivity index (χ1n) is 9.81. The number of alkyl halides is 1. The van der Waals surface area contributed by atoms with Gasteiger partial charge in [-0.1, -0.05) is 24.6 Å². The summed E-state index contributed by atoms with van der Waals surface area (Å²) in [5.41, 5.74) is -1.71. The Balaban J connectivity index is 1.73. The predicted octanol–water partition coefficient (Wildman–Crippen LogP) is 4.65. The number of ketones is 1. The molecule has 3 fully saturated rings. The van der Waals surface area contributed by atoms with Crippen LogP contribution < -0.4 is 0 Å². The molecule has 3 saturated carbocycles. The molecule has 0 aliphatic heterocycles. The van der Waals surface area contributed by atoms with E-state index in [4.69, 9.17) is 0 Å². The van der Waals surface area contributed by atoms with Crippen molar-refractivity contribution < 1.29 is 14.3 Å². The fourth-order valence-electron chi connectivity index (χ4n) is 6.62. The lowest BCUT2D eigenvalue weighted by Gasteiger charge is -2.62. The molecule has 1 N–H and O–H groups in total. The average molecular weight is 377 g/mol. The summed E-state index contributed by atoms with van der Waals surface area (Å²) in [7, 11) is 0. The van der Waals surface area contributed by atoms with Crippen LogP contribution in [0.25, 0.3) is 0 Å². The van der Waals surface area contributed by atoms with Crippen LogP contribution in [0, 0.1) is 22.7 Å². The Morgan fingerprint density at radius 3 is 2.85 bits per heavy atom. The largest absolute Gasteiger partial charge is 0.390 e. The van der Waals surface area contributed by atoms with Crippen molar-refractivity contribution in [2.45, 2.75) is 63.0 Å². The van der Waals surface area contributed by atoms with Gasteiger partial charge >= 0.3 is 0 Å². The molecule has 0 amide bonds. The van der Waals surface area contributed by atoms with Crippen LogP contribution in [0.15, 0.2) is 36.5 Å². The van der Waals surface area contributed by atoms with Crippen LogP contribution in [0.2, 0.25) is 0 Å². The van der Waals surface area contributed by atoms with E-state index in [9.17, 15) is 9.90 Å². The number of carbonyl (C=O) groups excluding carboxylic acids is 1. The maximum Gasteiger partial charge on any atom is 0.178 e. The van der Waals surface area contributed by atoms with E-state index < -0.39 is 17.2 Å². The van der Waals surface area contributed by atoms with Crippen molar-refractivity contribution in [2.24, 2.45) is 22.7 Å². The molecule has 4 rings (SSSR count). The number of fused-ring (bicyclic) bond motifs is 5. The Kier molecular flexibility index (Phi) is 4.31. The summed E-state index contributed by atoms with van der Waals surface area (Å²) in [5, 5.41) is 11.6. The number of aliphatic hydroxyl groups excluding tert-OH is 1. The van der Waals surface area contributed by atoms with Crippen LogP contribution in [0.5, 0.6) is 0 Å². The van der Waals surface area contributed by atoms with Crippen molar-refractivity contribution in [3.63, 3.8) is 0 Å². The summed E-state index contributed by atoms with van der Waals surface area (Å²) in [6.07, 6.45) is 9.89. The Labute approximate surface area is 160 Å². The minimum Gasteiger partial charge on any atom is -0.390 e. The molecule has 2 nitrogen and oxygen atoms in total. The third-order valence-corrected chi connectivity index (χ3v) is 9.57. The number of aliphatic hydroxyl groups is 1. The molecule has 7 atom stereocenters. The van der Waals surface area contributed by atoms with Crippen LogP contribution in [-0.2, 0) is 4.79 Å². The number of carbonyl (C=O) groups is 1. The van der Waals surface area contributed by atoms with Crippen LogP contribution in [-0.4, -0.2) is 33.7 Å². The zero-order valence-electron chi connectivity index (χ0n) is 15.7. The molecule has 0 aromatic carbocycles. The fraction of sp³-hybridized carbons (Fsp3) is 0.682. The summed E-state index contributed by atoms with van der Waals surface area (Å²) in [4.78, 5) is 11.8. The number of hydrogen-bond acceptors (Lipinski definition) is 3. The van der Waals surface area contributed by atoms with Crippen molar-refractivity contribution in [1.82, 2.24) is 0 Å². The van der Waals surface area contributed by atoms with E-state index in [1.165, 1.54) is 6.08 Å². The van der Waals surface area contributed by atoms with Crippen molar-refractivity contribution >= 4 is 17.5 Å². The first-order valence-corrected chi connectivity index (χ1v) is 10.9. The monoisotopic (exact) mass is 376 g/mol. The Morgan fingerprint density at radius 1 is 1.35 bits per heavy atom. The molecular weight excluding hydrogens is 347 g/mol. The Morgan fingerprint density at radius 2 is 2.12 bits per heavy atom. The molecule has 4 heteroatoms. The fourth-order valence-corrected chi connectivity index (χ4v) is 7.94. The lowest BCUT2D eigenvalue weighted by atomic mass is 9.46. The van der Waals surface area contributed by atoms with Crippen molar-refractivity contribution in [2.75, 3.05) is 5.75 Å². The molecule has 0 aromatic heterocycles. The highest BCUT2D eigenvalue weighted by atomic mass is 32.2. The van der Waals surface area contributed by atoms with E-state index in [2.05, 4.69) is 13.5 Å². The number of halogens is 1. The van der Waals surface area contributed by atoms with E-state index in [1.54, 1.807) is 12.2 Å². The van der Waals surface area contributed by atoms with Gasteiger partial charge in [0.15, 0.2) is 11.5 Å². The van der Waals surface area contributed by atoms with Gasteiger partial charge in [0, 0.05) is 22.3 Å². The van der Waals surface area contributed by atoms with Crippen LogP contribution in [0.4, 0.5) is 4.39 Å². The summed E-state index contributed by atoms with van der Waals surface area (Å²) in [6.45, 7) is 7.98. The minimum atomic E-state index is -1.68. The zero-order chi connectivity index (χ0) is 18.7. The van der Waals surface area contributed by atoms with Crippen LogP contribution in [0.1, 0.15) is 46.0 Å². The summed E-state index contributed by atoms with van der Waals surface area (Å²) in [5.74, 6) is 0.994. The number of hydrogen-bond donors (Lipinski definition) is 1. The summed E-state index contributed by atoms with van der Waals surface area (Å²) < 4.78 is 16.8. The van der Waals surface area contributed by atoms with Gasteiger partial charge in [-0.15, -0.1) is 6.58 Å². The van der Waals surface area contributed by atoms with Gasteiger partial charge in [0.05, 0.1) is 6.10 Å². The molecule has 26 heavy (non-hydrogen) atoms. The third-order valence-electron chi connectivity index (χ3n) is 7.97. The molecule has 0 aromatic rings. The highest BCUT2D eigenvalue weighted by Crippen LogP contribution is 2.68. The van der Waals surface area contributed by atoms with E-state index >= 15 is 4.39 Å². The molecule has 0 unspecified atom stereocenters. The molecule has 0 spiro atoms. The average Bonchev–Trinajstić information content (AvgIpc) is 2.91. The quantitative estimate of drug-likeness (QED) is 0.729. The normalized spacial score (nSPS) is 49.8. The van der Waals surface area contributed by atoms with E-state index in [0.717, 1.165) is 37.0 Å². The topological polar surface area (TPSA) is 37.3 Å². The van der Waals surface area contributed by atoms with Gasteiger partial charge in [0.25, 0.3) is 0 Å². The second-order valence-electron chi connectivity index (χ2n) is 9.04. The van der Waals surface area contributed by atoms with Gasteiger partial charge in [-0.2, -0.15) is 11.8 Å². The maximum atomic E-state index is 16.8. The smallest absolute Gasteiger partial charge is 0.178 e. The first-order chi connectivity index (χ1) is 12.3. The second-order valence-corrected chi connectivity index (χ2v) is 10.3. The molecule has 142 valence electrons. The third kappa shape index (κ3) is 2.24. The Bertz CT molecular complexity index is 700. The van der Waals surface area contributed by atoms with Crippen molar-refractivity contribution in [3.8, 4) is 0 Å². The van der Waals surface area contributed by atoms with E-state index in [0.29, 0.717) is 17.6 Å². The highest BCUT2D eigenvalue weighted by Gasteiger charge is 2.70. The van der Waals surface area contributed by atoms with Crippen molar-refractivity contribution in [1.29, 1.82) is 0 Å². The van der Waals surface area contributed by atoms with Gasteiger partial charge in [-0.3, -0.25) is 4.79 Å². The molecule has 4 aliphatic rings. The van der Waals surface area contributed by atoms with Crippen LogP contribution >= 0.6 is 11.8 Å². The Hall–Kier alpha value is -0.870.